The third-order valence-electron chi connectivity index (χ3n) is 3.82. The molecule has 0 aliphatic carbocycles. The molecule has 3 rings (SSSR count). The Morgan fingerprint density at radius 2 is 1.55 bits per heavy atom. The first-order valence-corrected chi connectivity index (χ1v) is 7.48. The minimum atomic E-state index is 1.01. The third kappa shape index (κ3) is 2.16. The van der Waals surface area contributed by atoms with Crippen molar-refractivity contribution < 1.29 is 0 Å². The summed E-state index contributed by atoms with van der Waals surface area (Å²) in [6, 6.07) is 6.56. The number of imidazole rings is 1. The lowest BCUT2D eigenvalue weighted by molar-refractivity contribution is 1.15. The van der Waals surface area contributed by atoms with Gasteiger partial charge < -0.3 is 4.40 Å². The normalized spacial score (nSPS) is 11.2. The van der Waals surface area contributed by atoms with Gasteiger partial charge in [-0.2, -0.15) is 0 Å². The largest absolute Gasteiger partial charge is 0.305 e. The zero-order chi connectivity index (χ0) is 14.4. The van der Waals surface area contributed by atoms with E-state index in [0.717, 1.165) is 15.8 Å². The second kappa shape index (κ2) is 4.74. The van der Waals surface area contributed by atoms with Crippen LogP contribution in [0.3, 0.4) is 0 Å². The van der Waals surface area contributed by atoms with Gasteiger partial charge in [0.1, 0.15) is 5.65 Å². The minimum absolute atomic E-state index is 1.01. The van der Waals surface area contributed by atoms with E-state index < -0.39 is 0 Å². The van der Waals surface area contributed by atoms with Crippen molar-refractivity contribution in [3.8, 4) is 11.3 Å². The number of nitrogens with zero attached hydrogens (tertiary/aromatic N) is 2. The monoisotopic (exact) mass is 328 g/mol. The summed E-state index contributed by atoms with van der Waals surface area (Å²) in [6.45, 7) is 8.53. The molecule has 0 aliphatic rings. The summed E-state index contributed by atoms with van der Waals surface area (Å²) in [7, 11) is 0. The molecule has 102 valence electrons. The Hall–Kier alpha value is -1.61. The van der Waals surface area contributed by atoms with Crippen molar-refractivity contribution in [1.82, 2.24) is 9.38 Å². The van der Waals surface area contributed by atoms with E-state index in [1.165, 1.54) is 27.8 Å². The Morgan fingerprint density at radius 3 is 2.30 bits per heavy atom. The Kier molecular flexibility index (Phi) is 3.17. The van der Waals surface area contributed by atoms with Crippen LogP contribution in [0, 0.1) is 27.7 Å². The second-order valence-electron chi connectivity index (χ2n) is 5.45. The lowest BCUT2D eigenvalue weighted by atomic mass is 9.99. The number of hydrogen-bond donors (Lipinski definition) is 0. The molecule has 2 aromatic heterocycles. The molecular formula is C17H17BrN2. The summed E-state index contributed by atoms with van der Waals surface area (Å²) < 4.78 is 3.16. The Morgan fingerprint density at radius 1 is 0.850 bits per heavy atom. The van der Waals surface area contributed by atoms with Gasteiger partial charge in [0.05, 0.1) is 5.69 Å². The van der Waals surface area contributed by atoms with Crippen LogP contribution in [0.1, 0.15) is 22.3 Å². The number of hydrogen-bond acceptors (Lipinski definition) is 1. The van der Waals surface area contributed by atoms with Gasteiger partial charge in [-0.05, 0) is 78.0 Å². The third-order valence-corrected chi connectivity index (χ3v) is 4.25. The smallest absolute Gasteiger partial charge is 0.140 e. The highest BCUT2D eigenvalue weighted by atomic mass is 79.9. The Bertz CT molecular complexity index is 815. The predicted octanol–water partition coefficient (Wildman–Crippen LogP) is 5.00. The van der Waals surface area contributed by atoms with Crippen molar-refractivity contribution in [3.63, 3.8) is 0 Å². The first-order chi connectivity index (χ1) is 9.45. The van der Waals surface area contributed by atoms with Crippen LogP contribution in [-0.2, 0) is 0 Å². The van der Waals surface area contributed by atoms with Gasteiger partial charge >= 0.3 is 0 Å². The molecule has 3 aromatic rings. The maximum atomic E-state index is 4.80. The summed E-state index contributed by atoms with van der Waals surface area (Å²) in [5, 5.41) is 0. The number of aryl methyl sites for hydroxylation is 4. The van der Waals surface area contributed by atoms with Crippen LogP contribution in [0.4, 0.5) is 0 Å². The Balaban J connectivity index is 2.25. The maximum Gasteiger partial charge on any atom is 0.140 e. The summed E-state index contributed by atoms with van der Waals surface area (Å²) in [5.74, 6) is 0. The number of rotatable bonds is 1. The SMILES string of the molecule is Cc1cc(C)c(-c2cn3cc(Br)cc(C)c3n2)cc1C. The molecule has 0 unspecified atom stereocenters. The summed E-state index contributed by atoms with van der Waals surface area (Å²) in [4.78, 5) is 4.80. The zero-order valence-electron chi connectivity index (χ0n) is 12.2. The molecule has 2 nitrogen and oxygen atoms in total. The average Bonchev–Trinajstić information content (AvgIpc) is 2.77. The van der Waals surface area contributed by atoms with E-state index in [1.807, 2.05) is 0 Å². The van der Waals surface area contributed by atoms with Gasteiger partial charge in [0, 0.05) is 22.4 Å². The van der Waals surface area contributed by atoms with Gasteiger partial charge in [-0.3, -0.25) is 0 Å². The first kappa shape index (κ1) is 13.4. The molecule has 0 N–H and O–H groups in total. The van der Waals surface area contributed by atoms with Crippen LogP contribution in [0.2, 0.25) is 0 Å². The van der Waals surface area contributed by atoms with Crippen LogP contribution in [0.5, 0.6) is 0 Å². The molecule has 0 radical (unpaired) electrons. The lowest BCUT2D eigenvalue weighted by Crippen LogP contribution is -1.88. The van der Waals surface area contributed by atoms with Crippen molar-refractivity contribution in [1.29, 1.82) is 0 Å². The highest BCUT2D eigenvalue weighted by molar-refractivity contribution is 9.10. The number of benzene rings is 1. The van der Waals surface area contributed by atoms with Crippen molar-refractivity contribution in [2.45, 2.75) is 27.7 Å². The number of pyridine rings is 1. The molecule has 0 aliphatic heterocycles. The van der Waals surface area contributed by atoms with Gasteiger partial charge in [0.25, 0.3) is 0 Å². The molecule has 0 amide bonds. The van der Waals surface area contributed by atoms with Crippen molar-refractivity contribution in [2.75, 3.05) is 0 Å². The Labute approximate surface area is 127 Å². The van der Waals surface area contributed by atoms with Crippen LogP contribution >= 0.6 is 15.9 Å². The molecule has 0 bridgehead atoms. The van der Waals surface area contributed by atoms with Crippen LogP contribution < -0.4 is 0 Å². The maximum absolute atomic E-state index is 4.80. The van der Waals surface area contributed by atoms with E-state index in [0.29, 0.717) is 0 Å². The van der Waals surface area contributed by atoms with Gasteiger partial charge in [0.2, 0.25) is 0 Å². The lowest BCUT2D eigenvalue weighted by Gasteiger charge is -2.07. The molecule has 0 saturated heterocycles. The van der Waals surface area contributed by atoms with Gasteiger partial charge in [-0.15, -0.1) is 0 Å². The van der Waals surface area contributed by atoms with Gasteiger partial charge in [0.15, 0.2) is 0 Å². The molecule has 20 heavy (non-hydrogen) atoms. The van der Waals surface area contributed by atoms with Crippen LogP contribution in [0.15, 0.2) is 35.1 Å². The summed E-state index contributed by atoms with van der Waals surface area (Å²) in [5.41, 5.74) is 8.34. The van der Waals surface area contributed by atoms with Crippen molar-refractivity contribution in [3.05, 3.63) is 57.3 Å². The van der Waals surface area contributed by atoms with Gasteiger partial charge in [-0.1, -0.05) is 6.07 Å². The van der Waals surface area contributed by atoms with Crippen molar-refractivity contribution in [2.24, 2.45) is 0 Å². The van der Waals surface area contributed by atoms with E-state index in [1.54, 1.807) is 0 Å². The fourth-order valence-corrected chi connectivity index (χ4v) is 3.16. The molecule has 0 atom stereocenters. The quantitative estimate of drug-likeness (QED) is 0.614. The summed E-state index contributed by atoms with van der Waals surface area (Å²) in [6.07, 6.45) is 4.15. The van der Waals surface area contributed by atoms with Gasteiger partial charge in [-0.25, -0.2) is 4.98 Å². The molecule has 1 aromatic carbocycles. The molecule has 3 heteroatoms. The topological polar surface area (TPSA) is 17.3 Å². The average molecular weight is 329 g/mol. The minimum Gasteiger partial charge on any atom is -0.305 e. The number of aromatic nitrogens is 2. The van der Waals surface area contributed by atoms with E-state index in [9.17, 15) is 0 Å². The van der Waals surface area contributed by atoms with E-state index in [-0.39, 0.29) is 0 Å². The van der Waals surface area contributed by atoms with E-state index in [4.69, 9.17) is 4.98 Å². The molecular weight excluding hydrogens is 312 g/mol. The second-order valence-corrected chi connectivity index (χ2v) is 6.37. The highest BCUT2D eigenvalue weighted by Gasteiger charge is 2.10. The van der Waals surface area contributed by atoms with Crippen molar-refractivity contribution >= 4 is 21.6 Å². The predicted molar refractivity (Wildman–Crippen MR) is 87.3 cm³/mol. The van der Waals surface area contributed by atoms with E-state index in [2.05, 4.69) is 78.6 Å². The molecule has 2 heterocycles. The number of halogens is 1. The molecule has 0 saturated carbocycles. The zero-order valence-corrected chi connectivity index (χ0v) is 13.7. The fraction of sp³-hybridized carbons (Fsp3) is 0.235. The molecule has 0 spiro atoms. The van der Waals surface area contributed by atoms with Crippen LogP contribution in [-0.4, -0.2) is 9.38 Å². The van der Waals surface area contributed by atoms with Crippen LogP contribution in [0.25, 0.3) is 16.9 Å². The molecule has 0 fully saturated rings. The standard InChI is InChI=1S/C17H17BrN2/c1-10-5-12(3)15(7-11(10)2)16-9-20-8-14(18)6-13(4)17(20)19-16/h5-9H,1-4H3. The fourth-order valence-electron chi connectivity index (χ4n) is 2.59. The summed E-state index contributed by atoms with van der Waals surface area (Å²) >= 11 is 3.54. The number of fused-ring (bicyclic) bond motifs is 1. The highest BCUT2D eigenvalue weighted by Crippen LogP contribution is 2.27. The van der Waals surface area contributed by atoms with E-state index >= 15 is 0 Å². The first-order valence-electron chi connectivity index (χ1n) is 6.69.